The molecule has 0 saturated carbocycles. The topological polar surface area (TPSA) is 37.4 Å². The average Bonchev–Trinajstić information content (AvgIpc) is 3.05. The molecular weight excluding hydrogens is 330 g/mol. The van der Waals surface area contributed by atoms with Crippen molar-refractivity contribution in [2.75, 3.05) is 6.54 Å². The Bertz CT molecular complexity index is 825. The van der Waals surface area contributed by atoms with Crippen LogP contribution in [0.25, 0.3) is 0 Å². The Balaban J connectivity index is 1.89. The minimum atomic E-state index is -3.46. The molecule has 1 aliphatic heterocycles. The Morgan fingerprint density at radius 2 is 1.76 bits per heavy atom. The van der Waals surface area contributed by atoms with E-state index in [1.165, 1.54) is 5.56 Å². The molecule has 0 aromatic heterocycles. The number of hydrogen-bond donors (Lipinski definition) is 0. The predicted octanol–water partition coefficient (Wildman–Crippen LogP) is 4.72. The third-order valence-electron chi connectivity index (χ3n) is 4.93. The minimum Gasteiger partial charge on any atom is -0.207 e. The Morgan fingerprint density at radius 3 is 2.40 bits per heavy atom. The molecule has 2 aromatic rings. The fraction of sp³-hybridized carbons (Fsp3) is 0.429. The molecule has 1 fully saturated rings. The zero-order valence-electron chi connectivity index (χ0n) is 15.3. The number of hydrogen-bond acceptors (Lipinski definition) is 2. The van der Waals surface area contributed by atoms with Gasteiger partial charge in [0.05, 0.1) is 10.9 Å². The van der Waals surface area contributed by atoms with Crippen LogP contribution in [0.4, 0.5) is 0 Å². The first-order valence-electron chi connectivity index (χ1n) is 9.06. The van der Waals surface area contributed by atoms with Crippen LogP contribution in [0.15, 0.2) is 53.4 Å². The molecule has 1 atom stereocenters. The first-order chi connectivity index (χ1) is 11.9. The predicted molar refractivity (Wildman–Crippen MR) is 102 cm³/mol. The highest BCUT2D eigenvalue weighted by Gasteiger charge is 2.36. The molecule has 2 aromatic carbocycles. The summed E-state index contributed by atoms with van der Waals surface area (Å²) in [4.78, 5) is 0.403. The van der Waals surface area contributed by atoms with E-state index < -0.39 is 10.0 Å². The van der Waals surface area contributed by atoms with E-state index in [1.54, 1.807) is 16.4 Å². The van der Waals surface area contributed by atoms with Gasteiger partial charge in [-0.25, -0.2) is 8.42 Å². The molecule has 0 amide bonds. The SMILES string of the molecule is Cc1ccccc1[C@H]1CCCN1S(=O)(=O)c1ccc(CC(C)C)cc1. The van der Waals surface area contributed by atoms with Gasteiger partial charge in [0.25, 0.3) is 0 Å². The van der Waals surface area contributed by atoms with Crippen molar-refractivity contribution >= 4 is 10.0 Å². The molecule has 4 heteroatoms. The van der Waals surface area contributed by atoms with Crippen LogP contribution < -0.4 is 0 Å². The van der Waals surface area contributed by atoms with E-state index in [2.05, 4.69) is 32.9 Å². The molecule has 0 radical (unpaired) electrons. The fourth-order valence-corrected chi connectivity index (χ4v) is 5.38. The zero-order valence-corrected chi connectivity index (χ0v) is 16.1. The van der Waals surface area contributed by atoms with Crippen LogP contribution >= 0.6 is 0 Å². The lowest BCUT2D eigenvalue weighted by Crippen LogP contribution is -2.31. The van der Waals surface area contributed by atoms with Crippen molar-refractivity contribution in [1.29, 1.82) is 0 Å². The smallest absolute Gasteiger partial charge is 0.207 e. The van der Waals surface area contributed by atoms with Gasteiger partial charge in [0.1, 0.15) is 0 Å². The summed E-state index contributed by atoms with van der Waals surface area (Å²) >= 11 is 0. The van der Waals surface area contributed by atoms with Gasteiger partial charge in [-0.1, -0.05) is 50.2 Å². The van der Waals surface area contributed by atoms with Crippen molar-refractivity contribution in [2.45, 2.75) is 51.0 Å². The molecule has 0 bridgehead atoms. The van der Waals surface area contributed by atoms with Crippen LogP contribution in [0.3, 0.4) is 0 Å². The second kappa shape index (κ2) is 7.30. The average molecular weight is 358 g/mol. The van der Waals surface area contributed by atoms with Crippen molar-refractivity contribution < 1.29 is 8.42 Å². The van der Waals surface area contributed by atoms with Crippen LogP contribution in [0.1, 0.15) is 49.4 Å². The lowest BCUT2D eigenvalue weighted by atomic mass is 10.0. The van der Waals surface area contributed by atoms with Crippen molar-refractivity contribution in [2.24, 2.45) is 5.92 Å². The first-order valence-corrected chi connectivity index (χ1v) is 10.5. The standard InChI is InChI=1S/C21H27NO2S/c1-16(2)15-18-10-12-19(13-11-18)25(23,24)22-14-6-9-21(22)20-8-5-4-7-17(20)3/h4-5,7-8,10-13,16,21H,6,9,14-15H2,1-3H3/t21-/m1/s1. The van der Waals surface area contributed by atoms with Crippen LogP contribution in [0.5, 0.6) is 0 Å². The van der Waals surface area contributed by atoms with Crippen LogP contribution in [0.2, 0.25) is 0 Å². The quantitative estimate of drug-likeness (QED) is 0.776. The highest BCUT2D eigenvalue weighted by molar-refractivity contribution is 7.89. The Morgan fingerprint density at radius 1 is 1.08 bits per heavy atom. The Labute approximate surface area is 151 Å². The van der Waals surface area contributed by atoms with Crippen molar-refractivity contribution in [3.8, 4) is 0 Å². The zero-order chi connectivity index (χ0) is 18.0. The number of benzene rings is 2. The Hall–Kier alpha value is -1.65. The molecule has 3 nitrogen and oxygen atoms in total. The number of rotatable bonds is 5. The first kappa shape index (κ1) is 18.2. The van der Waals surface area contributed by atoms with E-state index >= 15 is 0 Å². The van der Waals surface area contributed by atoms with E-state index in [0.717, 1.165) is 30.4 Å². The summed E-state index contributed by atoms with van der Waals surface area (Å²) in [5.41, 5.74) is 3.47. The van der Waals surface area contributed by atoms with E-state index in [1.807, 2.05) is 24.3 Å². The second-order valence-electron chi connectivity index (χ2n) is 7.37. The van der Waals surface area contributed by atoms with E-state index in [4.69, 9.17) is 0 Å². The van der Waals surface area contributed by atoms with Gasteiger partial charge in [0, 0.05) is 6.54 Å². The molecule has 1 saturated heterocycles. The van der Waals surface area contributed by atoms with Gasteiger partial charge in [-0.05, 0) is 60.9 Å². The van der Waals surface area contributed by atoms with Gasteiger partial charge < -0.3 is 0 Å². The molecule has 134 valence electrons. The molecule has 0 aliphatic carbocycles. The maximum Gasteiger partial charge on any atom is 0.243 e. The van der Waals surface area contributed by atoms with Gasteiger partial charge in [-0.2, -0.15) is 4.31 Å². The molecule has 0 spiro atoms. The van der Waals surface area contributed by atoms with Gasteiger partial charge in [0.2, 0.25) is 10.0 Å². The summed E-state index contributed by atoms with van der Waals surface area (Å²) in [5.74, 6) is 0.562. The van der Waals surface area contributed by atoms with E-state index in [0.29, 0.717) is 17.4 Å². The van der Waals surface area contributed by atoms with Gasteiger partial charge in [-0.3, -0.25) is 0 Å². The fourth-order valence-electron chi connectivity index (χ4n) is 3.70. The summed E-state index contributed by atoms with van der Waals surface area (Å²) in [6, 6.07) is 15.5. The van der Waals surface area contributed by atoms with Gasteiger partial charge in [-0.15, -0.1) is 0 Å². The molecule has 0 N–H and O–H groups in total. The monoisotopic (exact) mass is 357 g/mol. The summed E-state index contributed by atoms with van der Waals surface area (Å²) in [6.07, 6.45) is 2.76. The van der Waals surface area contributed by atoms with E-state index in [-0.39, 0.29) is 6.04 Å². The number of nitrogens with zero attached hydrogens (tertiary/aromatic N) is 1. The molecule has 25 heavy (non-hydrogen) atoms. The maximum atomic E-state index is 13.2. The minimum absolute atomic E-state index is 0.0541. The number of aryl methyl sites for hydroxylation is 1. The molecular formula is C21H27NO2S. The number of sulfonamides is 1. The normalized spacial score (nSPS) is 18.8. The van der Waals surface area contributed by atoms with Gasteiger partial charge in [0.15, 0.2) is 0 Å². The Kier molecular flexibility index (Phi) is 5.30. The summed E-state index contributed by atoms with van der Waals surface area (Å²) in [6.45, 7) is 6.98. The summed E-state index contributed by atoms with van der Waals surface area (Å²) in [5, 5.41) is 0. The largest absolute Gasteiger partial charge is 0.243 e. The molecule has 1 heterocycles. The van der Waals surface area contributed by atoms with Crippen molar-refractivity contribution in [3.05, 3.63) is 65.2 Å². The lowest BCUT2D eigenvalue weighted by Gasteiger charge is -2.25. The van der Waals surface area contributed by atoms with Crippen molar-refractivity contribution in [3.63, 3.8) is 0 Å². The maximum absolute atomic E-state index is 13.2. The summed E-state index contributed by atoms with van der Waals surface area (Å²) in [7, 11) is -3.46. The van der Waals surface area contributed by atoms with E-state index in [9.17, 15) is 8.42 Å². The van der Waals surface area contributed by atoms with Crippen molar-refractivity contribution in [1.82, 2.24) is 4.31 Å². The third-order valence-corrected chi connectivity index (χ3v) is 6.85. The molecule has 3 rings (SSSR count). The molecule has 1 aliphatic rings. The highest BCUT2D eigenvalue weighted by Crippen LogP contribution is 2.37. The molecule has 0 unspecified atom stereocenters. The lowest BCUT2D eigenvalue weighted by molar-refractivity contribution is 0.395. The van der Waals surface area contributed by atoms with Gasteiger partial charge >= 0.3 is 0 Å². The van der Waals surface area contributed by atoms with Crippen LogP contribution in [0, 0.1) is 12.8 Å². The third kappa shape index (κ3) is 3.80. The second-order valence-corrected chi connectivity index (χ2v) is 9.26. The highest BCUT2D eigenvalue weighted by atomic mass is 32.2. The van der Waals surface area contributed by atoms with Crippen LogP contribution in [-0.4, -0.2) is 19.3 Å². The van der Waals surface area contributed by atoms with Crippen LogP contribution in [-0.2, 0) is 16.4 Å². The summed E-state index contributed by atoms with van der Waals surface area (Å²) < 4.78 is 28.1.